The molecule has 0 spiro atoms. The highest BCUT2D eigenvalue weighted by Crippen LogP contribution is 2.30. The first-order valence-electron chi connectivity index (χ1n) is 10.3. The van der Waals surface area contributed by atoms with Crippen molar-refractivity contribution >= 4 is 29.2 Å². The molecule has 0 aliphatic carbocycles. The van der Waals surface area contributed by atoms with Crippen molar-refractivity contribution < 1.29 is 14.0 Å². The van der Waals surface area contributed by atoms with Crippen LogP contribution >= 0.6 is 11.3 Å². The van der Waals surface area contributed by atoms with Crippen molar-refractivity contribution in [3.8, 4) is 10.4 Å². The standard InChI is InChI=1S/C23H28FN3O2S/c1-3-26(4-2)23(29)17-25-13-15-27(16-14-25)22(28)12-10-18-9-11-21(30-18)19-7-5-6-8-20(19)24/h5-12H,3-4,13-17H2,1-2H3. The van der Waals surface area contributed by atoms with E-state index in [1.165, 1.54) is 17.4 Å². The van der Waals surface area contributed by atoms with Gasteiger partial charge in [0.1, 0.15) is 5.82 Å². The molecule has 1 aromatic carbocycles. The number of hydrogen-bond donors (Lipinski definition) is 0. The number of thiophene rings is 1. The summed E-state index contributed by atoms with van der Waals surface area (Å²) >= 11 is 1.45. The van der Waals surface area contributed by atoms with Gasteiger partial charge in [-0.1, -0.05) is 18.2 Å². The topological polar surface area (TPSA) is 43.9 Å². The van der Waals surface area contributed by atoms with E-state index in [1.54, 1.807) is 29.2 Å². The van der Waals surface area contributed by atoms with E-state index in [1.807, 2.05) is 36.9 Å². The van der Waals surface area contributed by atoms with Gasteiger partial charge in [-0.25, -0.2) is 4.39 Å². The second-order valence-electron chi connectivity index (χ2n) is 7.18. The summed E-state index contributed by atoms with van der Waals surface area (Å²) in [5.74, 6) is -0.142. The molecule has 5 nitrogen and oxygen atoms in total. The smallest absolute Gasteiger partial charge is 0.246 e. The number of amides is 2. The van der Waals surface area contributed by atoms with Crippen molar-refractivity contribution in [1.29, 1.82) is 0 Å². The fourth-order valence-corrected chi connectivity index (χ4v) is 4.44. The monoisotopic (exact) mass is 429 g/mol. The lowest BCUT2D eigenvalue weighted by Gasteiger charge is -2.34. The number of carbonyl (C=O) groups is 2. The lowest BCUT2D eigenvalue weighted by atomic mass is 10.2. The van der Waals surface area contributed by atoms with E-state index in [0.717, 1.165) is 22.8 Å². The molecule has 2 heterocycles. The van der Waals surface area contributed by atoms with E-state index >= 15 is 0 Å². The van der Waals surface area contributed by atoms with E-state index in [-0.39, 0.29) is 17.6 Å². The van der Waals surface area contributed by atoms with Crippen LogP contribution in [-0.4, -0.2) is 72.3 Å². The van der Waals surface area contributed by atoms with Crippen LogP contribution < -0.4 is 0 Å². The number of rotatable bonds is 7. The van der Waals surface area contributed by atoms with Gasteiger partial charge in [0.05, 0.1) is 6.54 Å². The van der Waals surface area contributed by atoms with Gasteiger partial charge in [0.15, 0.2) is 0 Å². The molecule has 0 unspecified atom stereocenters. The van der Waals surface area contributed by atoms with Crippen molar-refractivity contribution in [3.63, 3.8) is 0 Å². The molecule has 0 radical (unpaired) electrons. The first-order chi connectivity index (χ1) is 14.5. The van der Waals surface area contributed by atoms with Crippen LogP contribution in [0.4, 0.5) is 4.39 Å². The lowest BCUT2D eigenvalue weighted by molar-refractivity contribution is -0.133. The van der Waals surface area contributed by atoms with Crippen LogP contribution in [0.5, 0.6) is 0 Å². The van der Waals surface area contributed by atoms with Gasteiger partial charge in [0.25, 0.3) is 0 Å². The zero-order valence-corrected chi connectivity index (χ0v) is 18.3. The number of nitrogens with zero attached hydrogens (tertiary/aromatic N) is 3. The van der Waals surface area contributed by atoms with Crippen LogP contribution in [0.15, 0.2) is 42.5 Å². The van der Waals surface area contributed by atoms with Crippen molar-refractivity contribution in [3.05, 3.63) is 53.2 Å². The molecule has 30 heavy (non-hydrogen) atoms. The molecule has 0 saturated carbocycles. The van der Waals surface area contributed by atoms with Gasteiger partial charge in [-0.3, -0.25) is 14.5 Å². The summed E-state index contributed by atoms with van der Waals surface area (Å²) in [5, 5.41) is 0. The minimum Gasteiger partial charge on any atom is -0.342 e. The summed E-state index contributed by atoms with van der Waals surface area (Å²) in [4.78, 5) is 32.3. The van der Waals surface area contributed by atoms with Crippen LogP contribution in [0.1, 0.15) is 18.7 Å². The molecule has 2 amide bonds. The Balaban J connectivity index is 1.51. The van der Waals surface area contributed by atoms with Gasteiger partial charge in [-0.05, 0) is 38.1 Å². The van der Waals surface area contributed by atoms with Gasteiger partial charge < -0.3 is 9.80 Å². The number of likely N-dealkylation sites (N-methyl/N-ethyl adjacent to an activating group) is 1. The number of hydrogen-bond acceptors (Lipinski definition) is 4. The Hall–Kier alpha value is -2.51. The van der Waals surface area contributed by atoms with E-state index in [9.17, 15) is 14.0 Å². The van der Waals surface area contributed by atoms with E-state index in [4.69, 9.17) is 0 Å². The average molecular weight is 430 g/mol. The number of carbonyl (C=O) groups excluding carboxylic acids is 2. The van der Waals surface area contributed by atoms with Crippen molar-refractivity contribution in [2.24, 2.45) is 0 Å². The summed E-state index contributed by atoms with van der Waals surface area (Å²) in [6.07, 6.45) is 3.36. The van der Waals surface area contributed by atoms with Gasteiger partial charge in [0.2, 0.25) is 11.8 Å². The van der Waals surface area contributed by atoms with Gasteiger partial charge >= 0.3 is 0 Å². The lowest BCUT2D eigenvalue weighted by Crippen LogP contribution is -2.51. The van der Waals surface area contributed by atoms with Crippen LogP contribution in [0, 0.1) is 5.82 Å². The molecule has 2 aromatic rings. The van der Waals surface area contributed by atoms with E-state index in [2.05, 4.69) is 4.90 Å². The second kappa shape index (κ2) is 10.5. The molecular formula is C23H28FN3O2S. The molecule has 0 N–H and O–H groups in total. The number of piperazine rings is 1. The zero-order valence-electron chi connectivity index (χ0n) is 17.5. The summed E-state index contributed by atoms with van der Waals surface area (Å²) < 4.78 is 13.9. The third-order valence-electron chi connectivity index (χ3n) is 5.32. The van der Waals surface area contributed by atoms with Crippen LogP contribution in [-0.2, 0) is 9.59 Å². The Morgan fingerprint density at radius 2 is 1.77 bits per heavy atom. The zero-order chi connectivity index (χ0) is 21.5. The maximum atomic E-state index is 13.9. The second-order valence-corrected chi connectivity index (χ2v) is 8.30. The molecular weight excluding hydrogens is 401 g/mol. The van der Waals surface area contributed by atoms with Crippen LogP contribution in [0.2, 0.25) is 0 Å². The largest absolute Gasteiger partial charge is 0.342 e. The molecule has 1 aliphatic rings. The third kappa shape index (κ3) is 5.55. The average Bonchev–Trinajstić information content (AvgIpc) is 3.22. The van der Waals surface area contributed by atoms with Gasteiger partial charge in [-0.2, -0.15) is 0 Å². The van der Waals surface area contributed by atoms with Crippen LogP contribution in [0.3, 0.4) is 0 Å². The molecule has 1 aromatic heterocycles. The number of halogens is 1. The minimum absolute atomic E-state index is 0.0365. The summed E-state index contributed by atoms with van der Waals surface area (Å²) in [7, 11) is 0. The summed E-state index contributed by atoms with van der Waals surface area (Å²) in [5.41, 5.74) is 0.573. The molecule has 1 aliphatic heterocycles. The van der Waals surface area contributed by atoms with Crippen molar-refractivity contribution in [2.45, 2.75) is 13.8 Å². The summed E-state index contributed by atoms with van der Waals surface area (Å²) in [6, 6.07) is 10.5. The Morgan fingerprint density at radius 1 is 1.07 bits per heavy atom. The SMILES string of the molecule is CCN(CC)C(=O)CN1CCN(C(=O)C=Cc2ccc(-c3ccccc3F)s2)CC1. The normalized spacial score (nSPS) is 15.0. The minimum atomic E-state index is -0.247. The van der Waals surface area contributed by atoms with E-state index in [0.29, 0.717) is 38.3 Å². The molecule has 1 saturated heterocycles. The summed E-state index contributed by atoms with van der Waals surface area (Å²) in [6.45, 7) is 8.44. The molecule has 0 atom stereocenters. The maximum Gasteiger partial charge on any atom is 0.246 e. The maximum absolute atomic E-state index is 13.9. The molecule has 1 fully saturated rings. The first-order valence-corrected chi connectivity index (χ1v) is 11.1. The third-order valence-corrected chi connectivity index (χ3v) is 6.40. The predicted octanol–water partition coefficient (Wildman–Crippen LogP) is 3.58. The Kier molecular flexibility index (Phi) is 7.76. The van der Waals surface area contributed by atoms with E-state index < -0.39 is 0 Å². The van der Waals surface area contributed by atoms with Gasteiger partial charge in [-0.15, -0.1) is 11.3 Å². The van der Waals surface area contributed by atoms with Crippen LogP contribution in [0.25, 0.3) is 16.5 Å². The molecule has 160 valence electrons. The molecule has 7 heteroatoms. The molecule has 3 rings (SSSR count). The Labute approximate surface area is 181 Å². The van der Waals surface area contributed by atoms with Gasteiger partial charge in [0, 0.05) is 60.7 Å². The Bertz CT molecular complexity index is 899. The highest BCUT2D eigenvalue weighted by molar-refractivity contribution is 7.16. The quantitative estimate of drug-likeness (QED) is 0.632. The number of benzene rings is 1. The highest BCUT2D eigenvalue weighted by Gasteiger charge is 2.22. The van der Waals surface area contributed by atoms with Crippen molar-refractivity contribution in [2.75, 3.05) is 45.8 Å². The fraction of sp³-hybridized carbons (Fsp3) is 0.391. The molecule has 0 bridgehead atoms. The Morgan fingerprint density at radius 3 is 2.43 bits per heavy atom. The van der Waals surface area contributed by atoms with Crippen molar-refractivity contribution in [1.82, 2.24) is 14.7 Å². The first kappa shape index (κ1) is 22.2. The predicted molar refractivity (Wildman–Crippen MR) is 120 cm³/mol. The fourth-order valence-electron chi connectivity index (χ4n) is 3.50. The highest BCUT2D eigenvalue weighted by atomic mass is 32.1.